The third-order valence-corrected chi connectivity index (χ3v) is 3.10. The number of esters is 1. The van der Waals surface area contributed by atoms with Gasteiger partial charge in [0.1, 0.15) is 18.1 Å². The zero-order valence-corrected chi connectivity index (χ0v) is 13.4. The summed E-state index contributed by atoms with van der Waals surface area (Å²) in [5.74, 6) is 0.663. The van der Waals surface area contributed by atoms with E-state index in [-0.39, 0.29) is 13.2 Å². The average molecular weight is 329 g/mol. The fourth-order valence-electron chi connectivity index (χ4n) is 2.08. The molecule has 0 saturated carbocycles. The van der Waals surface area contributed by atoms with Crippen LogP contribution in [0, 0.1) is 0 Å². The molecule has 0 fully saturated rings. The number of rotatable bonds is 7. The highest BCUT2D eigenvalue weighted by Gasteiger charge is 2.07. The molecule has 0 spiro atoms. The monoisotopic (exact) mass is 329 g/mol. The molecule has 6 heteroatoms. The standard InChI is InChI=1S/C18H19NO5/c1-3-17(20)23-11-10-19-18(21)24-14-8-9-15-13(12-14)6-5-7-16(15)22-4-2/h3,5-9,12H,1,4,10-11H2,2H3,(H,19,21). The fraction of sp³-hybridized carbons (Fsp3) is 0.222. The summed E-state index contributed by atoms with van der Waals surface area (Å²) >= 11 is 0. The van der Waals surface area contributed by atoms with Gasteiger partial charge in [0.15, 0.2) is 0 Å². The van der Waals surface area contributed by atoms with Crippen LogP contribution < -0.4 is 14.8 Å². The summed E-state index contributed by atoms with van der Waals surface area (Å²) in [4.78, 5) is 22.6. The molecule has 2 rings (SSSR count). The molecule has 126 valence electrons. The number of benzene rings is 2. The predicted molar refractivity (Wildman–Crippen MR) is 90.3 cm³/mol. The van der Waals surface area contributed by atoms with Crippen molar-refractivity contribution in [1.82, 2.24) is 5.32 Å². The van der Waals surface area contributed by atoms with Crippen LogP contribution in [0.25, 0.3) is 10.8 Å². The number of amides is 1. The van der Waals surface area contributed by atoms with Gasteiger partial charge in [0.2, 0.25) is 0 Å². The Morgan fingerprint density at radius 3 is 2.83 bits per heavy atom. The first-order valence-electron chi connectivity index (χ1n) is 7.54. The van der Waals surface area contributed by atoms with Crippen molar-refractivity contribution in [2.75, 3.05) is 19.8 Å². The predicted octanol–water partition coefficient (Wildman–Crippen LogP) is 3.06. The van der Waals surface area contributed by atoms with Gasteiger partial charge in [-0.15, -0.1) is 0 Å². The van der Waals surface area contributed by atoms with Gasteiger partial charge in [-0.05, 0) is 36.6 Å². The number of hydrogen-bond acceptors (Lipinski definition) is 5. The molecule has 24 heavy (non-hydrogen) atoms. The first kappa shape index (κ1) is 17.3. The maximum absolute atomic E-state index is 11.7. The number of carbonyl (C=O) groups is 2. The molecule has 0 radical (unpaired) electrons. The van der Waals surface area contributed by atoms with Crippen molar-refractivity contribution in [2.24, 2.45) is 0 Å². The highest BCUT2D eigenvalue weighted by atomic mass is 16.6. The van der Waals surface area contributed by atoms with Gasteiger partial charge in [0.05, 0.1) is 13.2 Å². The van der Waals surface area contributed by atoms with E-state index in [0.717, 1.165) is 22.6 Å². The van der Waals surface area contributed by atoms with Crippen LogP contribution >= 0.6 is 0 Å². The fourth-order valence-corrected chi connectivity index (χ4v) is 2.08. The van der Waals surface area contributed by atoms with E-state index < -0.39 is 12.1 Å². The van der Waals surface area contributed by atoms with Gasteiger partial charge in [0.25, 0.3) is 0 Å². The van der Waals surface area contributed by atoms with Gasteiger partial charge in [-0.3, -0.25) is 0 Å². The molecule has 0 aliphatic heterocycles. The lowest BCUT2D eigenvalue weighted by Crippen LogP contribution is -2.30. The smallest absolute Gasteiger partial charge is 0.412 e. The normalized spacial score (nSPS) is 10.0. The van der Waals surface area contributed by atoms with Gasteiger partial charge < -0.3 is 19.5 Å². The van der Waals surface area contributed by atoms with Gasteiger partial charge in [-0.1, -0.05) is 18.7 Å². The first-order chi connectivity index (χ1) is 11.6. The van der Waals surface area contributed by atoms with Crippen molar-refractivity contribution >= 4 is 22.8 Å². The summed E-state index contributed by atoms with van der Waals surface area (Å²) in [6, 6.07) is 11.0. The maximum atomic E-state index is 11.7. The Morgan fingerprint density at radius 2 is 2.08 bits per heavy atom. The summed E-state index contributed by atoms with van der Waals surface area (Å²) in [6.45, 7) is 5.98. The first-order valence-corrected chi connectivity index (χ1v) is 7.54. The summed E-state index contributed by atoms with van der Waals surface area (Å²) in [5.41, 5.74) is 0. The van der Waals surface area contributed by atoms with E-state index in [1.807, 2.05) is 31.2 Å². The van der Waals surface area contributed by atoms with Gasteiger partial charge in [0, 0.05) is 11.5 Å². The van der Waals surface area contributed by atoms with Crippen molar-refractivity contribution in [3.05, 3.63) is 49.1 Å². The van der Waals surface area contributed by atoms with E-state index in [4.69, 9.17) is 14.2 Å². The SMILES string of the molecule is C=CC(=O)OCCNC(=O)Oc1ccc2c(OCC)cccc2c1. The van der Waals surface area contributed by atoms with Crippen molar-refractivity contribution in [2.45, 2.75) is 6.92 Å². The third-order valence-electron chi connectivity index (χ3n) is 3.10. The lowest BCUT2D eigenvalue weighted by molar-refractivity contribution is -0.137. The lowest BCUT2D eigenvalue weighted by Gasteiger charge is -2.10. The number of carbonyl (C=O) groups excluding carboxylic acids is 2. The summed E-state index contributed by atoms with van der Waals surface area (Å²) in [7, 11) is 0. The number of nitrogens with one attached hydrogen (secondary N) is 1. The Labute approximate surface area is 140 Å². The molecule has 1 N–H and O–H groups in total. The highest BCUT2D eigenvalue weighted by molar-refractivity contribution is 5.90. The molecule has 0 atom stereocenters. The Kier molecular flexibility index (Phi) is 6.19. The Morgan fingerprint density at radius 1 is 1.25 bits per heavy atom. The second-order valence-electron chi connectivity index (χ2n) is 4.76. The molecule has 0 heterocycles. The number of ether oxygens (including phenoxy) is 3. The minimum absolute atomic E-state index is 0.0510. The van der Waals surface area contributed by atoms with Crippen LogP contribution in [-0.4, -0.2) is 31.8 Å². The molecule has 0 aromatic heterocycles. The molecule has 2 aromatic carbocycles. The molecule has 1 amide bonds. The lowest BCUT2D eigenvalue weighted by atomic mass is 10.1. The van der Waals surface area contributed by atoms with Crippen LogP contribution in [0.1, 0.15) is 6.92 Å². The molecule has 0 saturated heterocycles. The van der Waals surface area contributed by atoms with E-state index >= 15 is 0 Å². The second kappa shape index (κ2) is 8.57. The zero-order chi connectivity index (χ0) is 17.4. The summed E-state index contributed by atoms with van der Waals surface area (Å²) in [6.07, 6.45) is 0.439. The maximum Gasteiger partial charge on any atom is 0.412 e. The molecule has 2 aromatic rings. The van der Waals surface area contributed by atoms with Crippen LogP contribution in [0.2, 0.25) is 0 Å². The van der Waals surface area contributed by atoms with Gasteiger partial charge >= 0.3 is 12.1 Å². The van der Waals surface area contributed by atoms with Crippen LogP contribution in [-0.2, 0) is 9.53 Å². The van der Waals surface area contributed by atoms with E-state index in [2.05, 4.69) is 11.9 Å². The molecule has 0 aliphatic rings. The number of fused-ring (bicyclic) bond motifs is 1. The third kappa shape index (κ3) is 4.74. The van der Waals surface area contributed by atoms with E-state index in [9.17, 15) is 9.59 Å². The van der Waals surface area contributed by atoms with Crippen molar-refractivity contribution < 1.29 is 23.8 Å². The highest BCUT2D eigenvalue weighted by Crippen LogP contribution is 2.28. The van der Waals surface area contributed by atoms with Crippen LogP contribution in [0.4, 0.5) is 4.79 Å². The number of hydrogen-bond donors (Lipinski definition) is 1. The quantitative estimate of drug-likeness (QED) is 0.480. The van der Waals surface area contributed by atoms with E-state index in [1.54, 1.807) is 12.1 Å². The summed E-state index contributed by atoms with van der Waals surface area (Å²) in [5, 5.41) is 4.35. The van der Waals surface area contributed by atoms with Crippen LogP contribution in [0.15, 0.2) is 49.1 Å². The van der Waals surface area contributed by atoms with E-state index in [0.29, 0.717) is 12.4 Å². The Bertz CT molecular complexity index is 741. The van der Waals surface area contributed by atoms with Crippen molar-refractivity contribution in [1.29, 1.82) is 0 Å². The van der Waals surface area contributed by atoms with Crippen LogP contribution in [0.5, 0.6) is 11.5 Å². The topological polar surface area (TPSA) is 73.9 Å². The molecular weight excluding hydrogens is 310 g/mol. The van der Waals surface area contributed by atoms with Crippen molar-refractivity contribution in [3.63, 3.8) is 0 Å². The molecular formula is C18H19NO5. The average Bonchev–Trinajstić information content (AvgIpc) is 2.59. The molecule has 0 unspecified atom stereocenters. The van der Waals surface area contributed by atoms with Crippen molar-refractivity contribution in [3.8, 4) is 11.5 Å². The van der Waals surface area contributed by atoms with E-state index in [1.165, 1.54) is 0 Å². The summed E-state index contributed by atoms with van der Waals surface area (Å²) < 4.78 is 15.5. The molecule has 6 nitrogen and oxygen atoms in total. The Hall–Kier alpha value is -3.02. The zero-order valence-electron chi connectivity index (χ0n) is 13.4. The van der Waals surface area contributed by atoms with Gasteiger partial charge in [-0.2, -0.15) is 0 Å². The molecule has 0 aliphatic carbocycles. The minimum Gasteiger partial charge on any atom is -0.493 e. The van der Waals surface area contributed by atoms with Gasteiger partial charge in [-0.25, -0.2) is 9.59 Å². The Balaban J connectivity index is 1.94. The van der Waals surface area contributed by atoms with Crippen LogP contribution in [0.3, 0.4) is 0 Å². The molecule has 0 bridgehead atoms. The minimum atomic E-state index is -0.620. The largest absolute Gasteiger partial charge is 0.493 e. The second-order valence-corrected chi connectivity index (χ2v) is 4.76.